The summed E-state index contributed by atoms with van der Waals surface area (Å²) < 4.78 is 23.7. The number of amides is 2. The molecule has 2 saturated heterocycles. The zero-order valence-corrected chi connectivity index (χ0v) is 28.4. The minimum atomic E-state index is -0.699. The van der Waals surface area contributed by atoms with Crippen molar-refractivity contribution in [2.45, 2.75) is 97.2 Å². The third kappa shape index (κ3) is 5.24. The van der Waals surface area contributed by atoms with Gasteiger partial charge in [-0.25, -0.2) is 9.78 Å². The van der Waals surface area contributed by atoms with Crippen LogP contribution in [-0.4, -0.2) is 64.4 Å². The Hall–Kier alpha value is -4.09. The largest absolute Gasteiger partial charge is 0.494 e. The van der Waals surface area contributed by atoms with E-state index in [1.54, 1.807) is 0 Å². The molecule has 2 N–H and O–H groups in total. The second kappa shape index (κ2) is 11.3. The first kappa shape index (κ1) is 31.5. The molecule has 1 unspecified atom stereocenters. The number of hydrogen-bond acceptors (Lipinski definition) is 7. The van der Waals surface area contributed by atoms with Gasteiger partial charge in [-0.2, -0.15) is 0 Å². The summed E-state index contributed by atoms with van der Waals surface area (Å²) in [5, 5.41) is 4.77. The van der Waals surface area contributed by atoms with E-state index in [0.29, 0.717) is 6.61 Å². The summed E-state index contributed by atoms with van der Waals surface area (Å²) in [6.07, 6.45) is 1.000. The van der Waals surface area contributed by atoms with E-state index in [1.807, 2.05) is 31.7 Å². The maximum absolute atomic E-state index is 13.9. The molecule has 7 rings (SSSR count). The van der Waals surface area contributed by atoms with E-state index >= 15 is 0 Å². The molecule has 0 radical (unpaired) electrons. The maximum atomic E-state index is 13.9. The molecular formula is C36H43BN4O6. The zero-order chi connectivity index (χ0) is 33.4. The molecule has 1 aromatic heterocycles. The van der Waals surface area contributed by atoms with Gasteiger partial charge in [-0.1, -0.05) is 38.1 Å². The Morgan fingerprint density at radius 3 is 2.49 bits per heavy atom. The van der Waals surface area contributed by atoms with Gasteiger partial charge < -0.3 is 34.0 Å². The Balaban J connectivity index is 1.21. The molecule has 0 saturated carbocycles. The molecule has 10 nitrogen and oxygen atoms in total. The number of methoxy groups -OCH3 is 1. The monoisotopic (exact) mass is 638 g/mol. The highest BCUT2D eigenvalue weighted by Crippen LogP contribution is 2.43. The number of nitrogens with one attached hydrogen (secondary N) is 2. The number of likely N-dealkylation sites (tertiary alicyclic amines) is 1. The van der Waals surface area contributed by atoms with Crippen LogP contribution in [0.15, 0.2) is 42.5 Å². The lowest BCUT2D eigenvalue weighted by Gasteiger charge is -2.32. The van der Waals surface area contributed by atoms with Gasteiger partial charge in [0.2, 0.25) is 5.91 Å². The van der Waals surface area contributed by atoms with Gasteiger partial charge in [-0.3, -0.25) is 4.79 Å². The van der Waals surface area contributed by atoms with E-state index < -0.39 is 30.5 Å². The number of hydrogen-bond donors (Lipinski definition) is 2. The number of fused-ring (bicyclic) bond motifs is 6. The first-order valence-electron chi connectivity index (χ1n) is 16.5. The molecule has 3 aliphatic heterocycles. The van der Waals surface area contributed by atoms with Crippen molar-refractivity contribution in [2.24, 2.45) is 5.92 Å². The summed E-state index contributed by atoms with van der Waals surface area (Å²) in [6, 6.07) is 13.8. The Kier molecular flexibility index (Phi) is 7.55. The minimum Gasteiger partial charge on any atom is -0.488 e. The van der Waals surface area contributed by atoms with Crippen LogP contribution in [0.4, 0.5) is 4.79 Å². The normalized spacial score (nSPS) is 21.9. The number of rotatable bonds is 5. The molecule has 3 aromatic carbocycles. The van der Waals surface area contributed by atoms with E-state index in [0.717, 1.165) is 68.4 Å². The van der Waals surface area contributed by atoms with E-state index in [9.17, 15) is 9.59 Å². The lowest BCUT2D eigenvalue weighted by atomic mass is 9.77. The summed E-state index contributed by atoms with van der Waals surface area (Å²) in [6.45, 7) is 14.6. The molecule has 0 bridgehead atoms. The number of H-pyrrole nitrogens is 1. The number of imidazole rings is 1. The summed E-state index contributed by atoms with van der Waals surface area (Å²) in [5.74, 6) is 1.31. The summed E-state index contributed by atoms with van der Waals surface area (Å²) in [7, 11) is 0.872. The first-order chi connectivity index (χ1) is 22.3. The van der Waals surface area contributed by atoms with Crippen LogP contribution in [0.3, 0.4) is 0 Å². The zero-order valence-electron chi connectivity index (χ0n) is 28.4. The highest BCUT2D eigenvalue weighted by atomic mass is 16.7. The van der Waals surface area contributed by atoms with Gasteiger partial charge in [0.15, 0.2) is 0 Å². The van der Waals surface area contributed by atoms with Crippen molar-refractivity contribution in [3.63, 3.8) is 0 Å². The summed E-state index contributed by atoms with van der Waals surface area (Å²) >= 11 is 0. The van der Waals surface area contributed by atoms with Gasteiger partial charge in [0.05, 0.1) is 35.4 Å². The number of aromatic nitrogens is 2. The van der Waals surface area contributed by atoms with Crippen molar-refractivity contribution in [1.29, 1.82) is 0 Å². The van der Waals surface area contributed by atoms with Crippen molar-refractivity contribution < 1.29 is 28.4 Å². The molecule has 4 heterocycles. The number of ether oxygens (including phenoxy) is 2. The van der Waals surface area contributed by atoms with Gasteiger partial charge in [0.25, 0.3) is 0 Å². The van der Waals surface area contributed by atoms with E-state index in [4.69, 9.17) is 23.8 Å². The average Bonchev–Trinajstić information content (AvgIpc) is 3.70. The number of aromatic amines is 1. The second-order valence-corrected chi connectivity index (χ2v) is 14.5. The maximum Gasteiger partial charge on any atom is 0.494 e. The van der Waals surface area contributed by atoms with E-state index in [1.165, 1.54) is 7.11 Å². The van der Waals surface area contributed by atoms with Crippen molar-refractivity contribution in [1.82, 2.24) is 20.2 Å². The molecule has 3 atom stereocenters. The number of nitrogens with zero attached hydrogens (tertiary/aromatic N) is 2. The third-order valence-electron chi connectivity index (χ3n) is 10.5. The Morgan fingerprint density at radius 2 is 1.79 bits per heavy atom. The van der Waals surface area contributed by atoms with Crippen molar-refractivity contribution >= 4 is 46.4 Å². The topological polar surface area (TPSA) is 115 Å². The SMILES string of the molecule is COC(=O)NC(C(=O)N1[C@@H](C)CC[C@H]1c1nc2c(ccc3cc4c(cc32)OCc2cc(B3OC(C)(C)C(C)(C)O3)ccc2-4)[nH]1)C(C)C. The Morgan fingerprint density at radius 1 is 1.04 bits per heavy atom. The minimum absolute atomic E-state index is 0.00364. The van der Waals surface area contributed by atoms with Crippen LogP contribution >= 0.6 is 0 Å². The van der Waals surface area contributed by atoms with Crippen LogP contribution in [-0.2, 0) is 25.4 Å². The number of alkyl carbamates (subject to hydrolysis) is 1. The molecule has 2 amide bonds. The van der Waals surface area contributed by atoms with Gasteiger partial charge in [0.1, 0.15) is 24.2 Å². The van der Waals surface area contributed by atoms with Crippen molar-refractivity contribution in [3.05, 3.63) is 53.9 Å². The van der Waals surface area contributed by atoms with Crippen molar-refractivity contribution in [2.75, 3.05) is 7.11 Å². The van der Waals surface area contributed by atoms with Crippen LogP contribution < -0.4 is 15.5 Å². The van der Waals surface area contributed by atoms with Gasteiger partial charge in [-0.15, -0.1) is 0 Å². The Bertz CT molecular complexity index is 1890. The molecule has 4 aromatic rings. The quantitative estimate of drug-likeness (QED) is 0.258. The lowest BCUT2D eigenvalue weighted by Crippen LogP contribution is -2.52. The van der Waals surface area contributed by atoms with Gasteiger partial charge >= 0.3 is 13.2 Å². The predicted molar refractivity (Wildman–Crippen MR) is 182 cm³/mol. The highest BCUT2D eigenvalue weighted by Gasteiger charge is 2.52. The van der Waals surface area contributed by atoms with Crippen LogP contribution in [0.5, 0.6) is 5.75 Å². The molecule has 246 valence electrons. The van der Waals surface area contributed by atoms with E-state index in [-0.39, 0.29) is 23.9 Å². The summed E-state index contributed by atoms with van der Waals surface area (Å²) in [5.41, 5.74) is 5.16. The number of carbonyl (C=O) groups excluding carboxylic acids is 2. The standard InChI is InChI=1S/C36H43BN4O6/c1-19(2)30(40-34(43)44-8)33(42)41-20(3)9-14-28(41)32-38-27-13-10-21-16-26-24-12-11-23(37-46-35(4,5)36(6,7)47-37)15-22(24)18-45-29(26)17-25(21)31(27)39-32/h10-13,15-17,19-20,28,30H,9,14,18H2,1-8H3,(H,38,39)(H,40,43)/t20-,28-,30?/m0/s1. The molecule has 0 spiro atoms. The average molecular weight is 639 g/mol. The predicted octanol–water partition coefficient (Wildman–Crippen LogP) is 6.01. The fourth-order valence-electron chi connectivity index (χ4n) is 7.09. The van der Waals surface area contributed by atoms with Crippen LogP contribution in [0.1, 0.15) is 78.7 Å². The van der Waals surface area contributed by atoms with Gasteiger partial charge in [0, 0.05) is 17.0 Å². The second-order valence-electron chi connectivity index (χ2n) is 14.5. The molecule has 47 heavy (non-hydrogen) atoms. The fraction of sp³-hybridized carbons (Fsp3) is 0.472. The van der Waals surface area contributed by atoms with Crippen molar-refractivity contribution in [3.8, 4) is 16.9 Å². The van der Waals surface area contributed by atoms with Gasteiger partial charge in [-0.05, 0) is 93.6 Å². The fourth-order valence-corrected chi connectivity index (χ4v) is 7.09. The molecular weight excluding hydrogens is 595 g/mol. The first-order valence-corrected chi connectivity index (χ1v) is 16.5. The van der Waals surface area contributed by atoms with Crippen LogP contribution in [0.25, 0.3) is 32.9 Å². The molecule has 11 heteroatoms. The molecule has 2 fully saturated rings. The highest BCUT2D eigenvalue weighted by molar-refractivity contribution is 6.62. The third-order valence-corrected chi connectivity index (χ3v) is 10.5. The lowest BCUT2D eigenvalue weighted by molar-refractivity contribution is -0.137. The van der Waals surface area contributed by atoms with Crippen LogP contribution in [0, 0.1) is 5.92 Å². The van der Waals surface area contributed by atoms with Crippen LogP contribution in [0.2, 0.25) is 0 Å². The van der Waals surface area contributed by atoms with E-state index in [2.05, 4.69) is 74.4 Å². The summed E-state index contributed by atoms with van der Waals surface area (Å²) in [4.78, 5) is 36.4. The molecule has 0 aliphatic carbocycles. The number of benzene rings is 3. The smallest absolute Gasteiger partial charge is 0.488 e. The Labute approximate surface area is 275 Å². The molecule has 3 aliphatic rings. The number of carbonyl (C=O) groups is 2.